The number of methoxy groups -OCH3 is 3. The Labute approximate surface area is 175 Å². The van der Waals surface area contributed by atoms with E-state index in [9.17, 15) is 4.79 Å². The van der Waals surface area contributed by atoms with Crippen molar-refractivity contribution < 1.29 is 19.0 Å². The van der Waals surface area contributed by atoms with Crippen molar-refractivity contribution in [3.8, 4) is 22.9 Å². The average Bonchev–Trinajstić information content (AvgIpc) is 3.55. The molecule has 3 aromatic rings. The largest absolute Gasteiger partial charge is 0.496 e. The highest BCUT2D eigenvalue weighted by Crippen LogP contribution is 2.40. The standard InChI is InChI=1S/C23H25N3O4/c1-28-20-13-22(30-3)21(29-2)11-16(20)14-24-23(27)19-12-18(15-9-10-15)25-26(19)17-7-5-4-6-8-17/h4-8,11-13,15H,9-10,14H2,1-3H3,(H,24,27). The van der Waals surface area contributed by atoms with Crippen LogP contribution in [0.3, 0.4) is 0 Å². The fraction of sp³-hybridized carbons (Fsp3) is 0.304. The highest BCUT2D eigenvalue weighted by atomic mass is 16.5. The summed E-state index contributed by atoms with van der Waals surface area (Å²) in [5, 5.41) is 7.68. The van der Waals surface area contributed by atoms with E-state index in [0.29, 0.717) is 28.9 Å². The number of benzene rings is 2. The molecule has 0 spiro atoms. The van der Waals surface area contributed by atoms with Gasteiger partial charge in [0.2, 0.25) is 0 Å². The van der Waals surface area contributed by atoms with E-state index in [0.717, 1.165) is 29.8 Å². The average molecular weight is 407 g/mol. The van der Waals surface area contributed by atoms with Crippen molar-refractivity contribution in [2.45, 2.75) is 25.3 Å². The summed E-state index contributed by atoms with van der Waals surface area (Å²) in [5.74, 6) is 2.01. The molecule has 1 saturated carbocycles. The maximum absolute atomic E-state index is 13.1. The number of aromatic nitrogens is 2. The molecule has 1 aromatic heterocycles. The van der Waals surface area contributed by atoms with Gasteiger partial charge in [0.1, 0.15) is 11.4 Å². The van der Waals surface area contributed by atoms with Crippen molar-refractivity contribution in [2.24, 2.45) is 0 Å². The Balaban J connectivity index is 1.59. The Hall–Kier alpha value is -3.48. The van der Waals surface area contributed by atoms with Gasteiger partial charge in [-0.1, -0.05) is 18.2 Å². The van der Waals surface area contributed by atoms with Crippen LogP contribution in [0.4, 0.5) is 0 Å². The number of para-hydroxylation sites is 1. The van der Waals surface area contributed by atoms with Crippen molar-refractivity contribution in [3.05, 3.63) is 65.5 Å². The molecule has 1 heterocycles. The van der Waals surface area contributed by atoms with E-state index < -0.39 is 0 Å². The second-order valence-corrected chi connectivity index (χ2v) is 7.18. The monoisotopic (exact) mass is 407 g/mol. The smallest absolute Gasteiger partial charge is 0.270 e. The highest BCUT2D eigenvalue weighted by Gasteiger charge is 2.29. The third-order valence-corrected chi connectivity index (χ3v) is 5.18. The third-order valence-electron chi connectivity index (χ3n) is 5.18. The summed E-state index contributed by atoms with van der Waals surface area (Å²) in [7, 11) is 4.73. The van der Waals surface area contributed by atoms with Crippen molar-refractivity contribution in [2.75, 3.05) is 21.3 Å². The van der Waals surface area contributed by atoms with Crippen LogP contribution in [0.2, 0.25) is 0 Å². The first-order valence-corrected chi connectivity index (χ1v) is 9.87. The van der Waals surface area contributed by atoms with E-state index in [1.165, 1.54) is 0 Å². The zero-order valence-corrected chi connectivity index (χ0v) is 17.3. The molecule has 0 atom stereocenters. The Morgan fingerprint density at radius 2 is 1.67 bits per heavy atom. The Morgan fingerprint density at radius 1 is 1.00 bits per heavy atom. The van der Waals surface area contributed by atoms with Gasteiger partial charge < -0.3 is 19.5 Å². The maximum Gasteiger partial charge on any atom is 0.270 e. The van der Waals surface area contributed by atoms with E-state index in [4.69, 9.17) is 19.3 Å². The van der Waals surface area contributed by atoms with Crippen molar-refractivity contribution in [3.63, 3.8) is 0 Å². The summed E-state index contributed by atoms with van der Waals surface area (Å²) in [5.41, 5.74) is 3.13. The Morgan fingerprint density at radius 3 is 2.30 bits per heavy atom. The molecule has 0 aliphatic heterocycles. The first-order valence-electron chi connectivity index (χ1n) is 9.87. The summed E-state index contributed by atoms with van der Waals surface area (Å²) < 4.78 is 17.9. The molecule has 0 radical (unpaired) electrons. The number of rotatable bonds is 8. The topological polar surface area (TPSA) is 74.6 Å². The van der Waals surface area contributed by atoms with Crippen molar-refractivity contribution >= 4 is 5.91 Å². The van der Waals surface area contributed by atoms with Gasteiger partial charge in [-0.15, -0.1) is 0 Å². The van der Waals surface area contributed by atoms with E-state index in [1.54, 1.807) is 32.1 Å². The number of carbonyl (C=O) groups is 1. The molecule has 1 aliphatic rings. The molecule has 1 fully saturated rings. The van der Waals surface area contributed by atoms with E-state index in [2.05, 4.69) is 5.32 Å². The van der Waals surface area contributed by atoms with Crippen LogP contribution in [0, 0.1) is 0 Å². The van der Waals surface area contributed by atoms with Gasteiger partial charge in [-0.05, 0) is 37.1 Å². The zero-order valence-electron chi connectivity index (χ0n) is 17.3. The quantitative estimate of drug-likeness (QED) is 0.616. The lowest BCUT2D eigenvalue weighted by atomic mass is 10.1. The number of nitrogens with zero attached hydrogens (tertiary/aromatic N) is 2. The predicted molar refractivity (Wildman–Crippen MR) is 113 cm³/mol. The molecule has 7 heteroatoms. The molecule has 7 nitrogen and oxygen atoms in total. The first kappa shape index (κ1) is 19.8. The molecule has 30 heavy (non-hydrogen) atoms. The van der Waals surface area contributed by atoms with Crippen LogP contribution >= 0.6 is 0 Å². The lowest BCUT2D eigenvalue weighted by Crippen LogP contribution is -2.25. The lowest BCUT2D eigenvalue weighted by molar-refractivity contribution is 0.0943. The SMILES string of the molecule is COc1cc(OC)c(OC)cc1CNC(=O)c1cc(C2CC2)nn1-c1ccccc1. The van der Waals surface area contributed by atoms with Gasteiger partial charge in [-0.3, -0.25) is 4.79 Å². The van der Waals surface area contributed by atoms with Crippen LogP contribution in [0.25, 0.3) is 5.69 Å². The number of carbonyl (C=O) groups excluding carboxylic acids is 1. The van der Waals surface area contributed by atoms with Gasteiger partial charge in [0.15, 0.2) is 11.5 Å². The maximum atomic E-state index is 13.1. The summed E-state index contributed by atoms with van der Waals surface area (Å²) in [6.07, 6.45) is 2.24. The summed E-state index contributed by atoms with van der Waals surface area (Å²) >= 11 is 0. The van der Waals surface area contributed by atoms with E-state index >= 15 is 0 Å². The van der Waals surface area contributed by atoms with Gasteiger partial charge in [0.05, 0.1) is 32.7 Å². The molecule has 0 bridgehead atoms. The highest BCUT2D eigenvalue weighted by molar-refractivity contribution is 5.93. The minimum absolute atomic E-state index is 0.199. The van der Waals surface area contributed by atoms with E-state index in [-0.39, 0.29) is 12.5 Å². The minimum Gasteiger partial charge on any atom is -0.496 e. The molecule has 1 N–H and O–H groups in total. The van der Waals surface area contributed by atoms with Crippen LogP contribution in [0.1, 0.15) is 40.5 Å². The van der Waals surface area contributed by atoms with Crippen LogP contribution in [0.5, 0.6) is 17.2 Å². The zero-order chi connectivity index (χ0) is 21.1. The molecule has 1 aliphatic carbocycles. The molecule has 2 aromatic carbocycles. The second kappa shape index (κ2) is 8.49. The number of ether oxygens (including phenoxy) is 3. The predicted octanol–water partition coefficient (Wildman–Crippen LogP) is 3.71. The van der Waals surface area contributed by atoms with Gasteiger partial charge in [0.25, 0.3) is 5.91 Å². The van der Waals surface area contributed by atoms with Crippen LogP contribution in [-0.2, 0) is 6.54 Å². The molecule has 4 rings (SSSR count). The summed E-state index contributed by atoms with van der Waals surface area (Å²) in [6.45, 7) is 0.279. The number of hydrogen-bond acceptors (Lipinski definition) is 5. The summed E-state index contributed by atoms with van der Waals surface area (Å²) in [4.78, 5) is 13.1. The van der Waals surface area contributed by atoms with Gasteiger partial charge in [0, 0.05) is 24.1 Å². The molecule has 0 saturated heterocycles. The fourth-order valence-corrected chi connectivity index (χ4v) is 3.40. The normalized spacial score (nSPS) is 13.0. The van der Waals surface area contributed by atoms with Crippen LogP contribution < -0.4 is 19.5 Å². The molecule has 1 amide bonds. The Bertz CT molecular complexity index is 1040. The molecule has 0 unspecified atom stereocenters. The fourth-order valence-electron chi connectivity index (χ4n) is 3.40. The van der Waals surface area contributed by atoms with Crippen LogP contribution in [-0.4, -0.2) is 37.0 Å². The molecular weight excluding hydrogens is 382 g/mol. The second-order valence-electron chi connectivity index (χ2n) is 7.18. The third kappa shape index (κ3) is 3.96. The Kier molecular flexibility index (Phi) is 5.61. The number of nitrogens with one attached hydrogen (secondary N) is 1. The van der Waals surface area contributed by atoms with Crippen LogP contribution in [0.15, 0.2) is 48.5 Å². The van der Waals surface area contributed by atoms with Crippen molar-refractivity contribution in [1.82, 2.24) is 15.1 Å². The first-order chi connectivity index (χ1) is 14.6. The van der Waals surface area contributed by atoms with Crippen molar-refractivity contribution in [1.29, 1.82) is 0 Å². The number of amides is 1. The van der Waals surface area contributed by atoms with Gasteiger partial charge >= 0.3 is 0 Å². The minimum atomic E-state index is -0.199. The van der Waals surface area contributed by atoms with Gasteiger partial charge in [-0.25, -0.2) is 4.68 Å². The number of hydrogen-bond donors (Lipinski definition) is 1. The van der Waals surface area contributed by atoms with E-state index in [1.807, 2.05) is 42.5 Å². The molecular formula is C23H25N3O4. The lowest BCUT2D eigenvalue weighted by Gasteiger charge is -2.15. The summed E-state index contributed by atoms with van der Waals surface area (Å²) in [6, 6.07) is 15.1. The van der Waals surface area contributed by atoms with Gasteiger partial charge in [-0.2, -0.15) is 5.10 Å². The molecule has 156 valence electrons.